The van der Waals surface area contributed by atoms with Crippen LogP contribution in [0, 0.1) is 6.92 Å². The Kier molecular flexibility index (Phi) is 5.40. The average Bonchev–Trinajstić information content (AvgIpc) is 2.41. The summed E-state index contributed by atoms with van der Waals surface area (Å²) in [5, 5.41) is 6.31. The predicted molar refractivity (Wildman–Crippen MR) is 82.4 cm³/mol. The van der Waals surface area contributed by atoms with Crippen LogP contribution >= 0.6 is 15.9 Å². The summed E-state index contributed by atoms with van der Waals surface area (Å²) < 4.78 is 1.03. The van der Waals surface area contributed by atoms with Gasteiger partial charge in [-0.15, -0.1) is 0 Å². The van der Waals surface area contributed by atoms with Gasteiger partial charge in [-0.2, -0.15) is 0 Å². The van der Waals surface area contributed by atoms with Crippen molar-refractivity contribution in [3.05, 3.63) is 28.2 Å². The molecule has 1 aliphatic carbocycles. The minimum atomic E-state index is 0.0380. The van der Waals surface area contributed by atoms with E-state index >= 15 is 0 Å². The molecule has 0 bridgehead atoms. The van der Waals surface area contributed by atoms with Crippen LogP contribution in [0.4, 0.5) is 5.69 Å². The Labute approximate surface area is 123 Å². The number of aryl methyl sites for hydroxylation is 1. The third kappa shape index (κ3) is 4.62. The molecule has 1 aliphatic rings. The van der Waals surface area contributed by atoms with Gasteiger partial charge in [-0.25, -0.2) is 0 Å². The van der Waals surface area contributed by atoms with Crippen LogP contribution in [0.25, 0.3) is 0 Å². The second kappa shape index (κ2) is 7.06. The standard InChI is InChI=1S/C15H21BrN2O/c1-11-9-12(16)7-8-14(11)18-15(19)10-17-13-5-3-2-4-6-13/h7-9,13,17H,2-6,10H2,1H3,(H,18,19). The summed E-state index contributed by atoms with van der Waals surface area (Å²) in [6.07, 6.45) is 6.30. The molecule has 0 heterocycles. The predicted octanol–water partition coefficient (Wildman–Crippen LogP) is 3.62. The van der Waals surface area contributed by atoms with Crippen molar-refractivity contribution in [2.75, 3.05) is 11.9 Å². The fraction of sp³-hybridized carbons (Fsp3) is 0.533. The van der Waals surface area contributed by atoms with Crippen LogP contribution in [0.5, 0.6) is 0 Å². The maximum Gasteiger partial charge on any atom is 0.238 e. The second-order valence-electron chi connectivity index (χ2n) is 5.22. The number of nitrogens with one attached hydrogen (secondary N) is 2. The number of halogens is 1. The second-order valence-corrected chi connectivity index (χ2v) is 6.14. The smallest absolute Gasteiger partial charge is 0.238 e. The summed E-state index contributed by atoms with van der Waals surface area (Å²) in [7, 11) is 0. The first kappa shape index (κ1) is 14.5. The minimum absolute atomic E-state index is 0.0380. The summed E-state index contributed by atoms with van der Waals surface area (Å²) in [5.41, 5.74) is 1.96. The van der Waals surface area contributed by atoms with E-state index in [9.17, 15) is 4.79 Å². The zero-order valence-electron chi connectivity index (χ0n) is 11.3. The molecular weight excluding hydrogens is 304 g/mol. The monoisotopic (exact) mass is 324 g/mol. The van der Waals surface area contributed by atoms with E-state index < -0.39 is 0 Å². The van der Waals surface area contributed by atoms with E-state index in [1.165, 1.54) is 32.1 Å². The van der Waals surface area contributed by atoms with E-state index in [-0.39, 0.29) is 5.91 Å². The van der Waals surface area contributed by atoms with Gasteiger partial charge in [-0.1, -0.05) is 35.2 Å². The number of rotatable bonds is 4. The number of carbonyl (C=O) groups is 1. The van der Waals surface area contributed by atoms with Gasteiger partial charge in [0.15, 0.2) is 0 Å². The van der Waals surface area contributed by atoms with Gasteiger partial charge in [0, 0.05) is 16.2 Å². The molecular formula is C15H21BrN2O. The van der Waals surface area contributed by atoms with Gasteiger partial charge in [0.05, 0.1) is 6.54 Å². The highest BCUT2D eigenvalue weighted by Gasteiger charge is 2.14. The molecule has 1 fully saturated rings. The zero-order chi connectivity index (χ0) is 13.7. The van der Waals surface area contributed by atoms with E-state index in [1.54, 1.807) is 0 Å². The van der Waals surface area contributed by atoms with Crippen LogP contribution in [0.3, 0.4) is 0 Å². The molecule has 0 radical (unpaired) electrons. The zero-order valence-corrected chi connectivity index (χ0v) is 12.9. The van der Waals surface area contributed by atoms with Crippen molar-refractivity contribution >= 4 is 27.5 Å². The topological polar surface area (TPSA) is 41.1 Å². The lowest BCUT2D eigenvalue weighted by Gasteiger charge is -2.22. The lowest BCUT2D eigenvalue weighted by molar-refractivity contribution is -0.115. The van der Waals surface area contributed by atoms with Crippen molar-refractivity contribution in [1.29, 1.82) is 0 Å². The highest BCUT2D eigenvalue weighted by Crippen LogP contribution is 2.20. The Balaban J connectivity index is 1.80. The van der Waals surface area contributed by atoms with Gasteiger partial charge in [0.25, 0.3) is 0 Å². The SMILES string of the molecule is Cc1cc(Br)ccc1NC(=O)CNC1CCCCC1. The largest absolute Gasteiger partial charge is 0.325 e. The molecule has 0 aromatic heterocycles. The number of hydrogen-bond acceptors (Lipinski definition) is 2. The number of benzene rings is 1. The fourth-order valence-corrected chi connectivity index (χ4v) is 2.98. The third-order valence-electron chi connectivity index (χ3n) is 3.62. The molecule has 0 spiro atoms. The molecule has 4 heteroatoms. The van der Waals surface area contributed by atoms with Crippen LogP contribution < -0.4 is 10.6 Å². The van der Waals surface area contributed by atoms with E-state index in [1.807, 2.05) is 25.1 Å². The Morgan fingerprint density at radius 1 is 1.32 bits per heavy atom. The molecule has 0 unspecified atom stereocenters. The molecule has 1 amide bonds. The molecule has 2 N–H and O–H groups in total. The number of hydrogen-bond donors (Lipinski definition) is 2. The van der Waals surface area contributed by atoms with Crippen molar-refractivity contribution < 1.29 is 4.79 Å². The molecule has 0 saturated heterocycles. The highest BCUT2D eigenvalue weighted by molar-refractivity contribution is 9.10. The van der Waals surface area contributed by atoms with Gasteiger partial charge >= 0.3 is 0 Å². The lowest BCUT2D eigenvalue weighted by atomic mass is 9.95. The molecule has 1 aromatic rings. The van der Waals surface area contributed by atoms with Crippen molar-refractivity contribution in [2.45, 2.75) is 45.1 Å². The summed E-state index contributed by atoms with van der Waals surface area (Å²) in [6, 6.07) is 6.39. The first-order chi connectivity index (χ1) is 9.15. The summed E-state index contributed by atoms with van der Waals surface area (Å²) in [4.78, 5) is 11.9. The van der Waals surface area contributed by atoms with E-state index in [4.69, 9.17) is 0 Å². The van der Waals surface area contributed by atoms with Crippen LogP contribution in [-0.2, 0) is 4.79 Å². The fourth-order valence-electron chi connectivity index (χ4n) is 2.51. The van der Waals surface area contributed by atoms with Crippen molar-refractivity contribution in [3.8, 4) is 0 Å². The normalized spacial score (nSPS) is 16.3. The van der Waals surface area contributed by atoms with Crippen LogP contribution in [0.1, 0.15) is 37.7 Å². The van der Waals surface area contributed by atoms with Crippen molar-refractivity contribution in [2.24, 2.45) is 0 Å². The van der Waals surface area contributed by atoms with Gasteiger partial charge < -0.3 is 10.6 Å². The van der Waals surface area contributed by atoms with Crippen LogP contribution in [0.2, 0.25) is 0 Å². The molecule has 0 aliphatic heterocycles. The maximum absolute atomic E-state index is 11.9. The van der Waals surface area contributed by atoms with Crippen molar-refractivity contribution in [1.82, 2.24) is 5.32 Å². The van der Waals surface area contributed by atoms with Crippen molar-refractivity contribution in [3.63, 3.8) is 0 Å². The molecule has 19 heavy (non-hydrogen) atoms. The third-order valence-corrected chi connectivity index (χ3v) is 4.11. The van der Waals surface area contributed by atoms with Gasteiger partial charge in [-0.3, -0.25) is 4.79 Å². The Bertz CT molecular complexity index is 442. The van der Waals surface area contributed by atoms with Gasteiger partial charge in [0.2, 0.25) is 5.91 Å². The van der Waals surface area contributed by atoms with E-state index in [0.717, 1.165) is 15.7 Å². The molecule has 2 rings (SSSR count). The van der Waals surface area contributed by atoms with E-state index in [0.29, 0.717) is 12.6 Å². The summed E-state index contributed by atoms with van der Waals surface area (Å²) in [6.45, 7) is 2.40. The van der Waals surface area contributed by atoms with Gasteiger partial charge in [-0.05, 0) is 43.5 Å². The van der Waals surface area contributed by atoms with Crippen LogP contribution in [-0.4, -0.2) is 18.5 Å². The Hall–Kier alpha value is -0.870. The summed E-state index contributed by atoms with van der Waals surface area (Å²) >= 11 is 3.42. The van der Waals surface area contributed by atoms with Crippen LogP contribution in [0.15, 0.2) is 22.7 Å². The molecule has 0 atom stereocenters. The first-order valence-corrected chi connectivity index (χ1v) is 7.74. The lowest BCUT2D eigenvalue weighted by Crippen LogP contribution is -2.37. The highest BCUT2D eigenvalue weighted by atomic mass is 79.9. The Morgan fingerprint density at radius 2 is 2.05 bits per heavy atom. The quantitative estimate of drug-likeness (QED) is 0.888. The number of carbonyl (C=O) groups excluding carboxylic acids is 1. The summed E-state index contributed by atoms with van der Waals surface area (Å²) in [5.74, 6) is 0.0380. The Morgan fingerprint density at radius 3 is 2.74 bits per heavy atom. The number of anilines is 1. The average molecular weight is 325 g/mol. The molecule has 1 aromatic carbocycles. The maximum atomic E-state index is 11.9. The molecule has 104 valence electrons. The minimum Gasteiger partial charge on any atom is -0.325 e. The van der Waals surface area contributed by atoms with Gasteiger partial charge in [0.1, 0.15) is 0 Å². The number of amides is 1. The molecule has 1 saturated carbocycles. The first-order valence-electron chi connectivity index (χ1n) is 6.94. The van der Waals surface area contributed by atoms with E-state index in [2.05, 4.69) is 26.6 Å². The molecule has 3 nitrogen and oxygen atoms in total.